The molecule has 1 aliphatic carbocycles. The molecule has 5 rings (SSSR count). The lowest BCUT2D eigenvalue weighted by Crippen LogP contribution is -2.44. The van der Waals surface area contributed by atoms with Crippen molar-refractivity contribution in [3.05, 3.63) is 82.8 Å². The Kier molecular flexibility index (Phi) is 4.45. The van der Waals surface area contributed by atoms with Gasteiger partial charge in [0.1, 0.15) is 5.82 Å². The van der Waals surface area contributed by atoms with Crippen molar-refractivity contribution in [2.45, 2.75) is 25.3 Å². The van der Waals surface area contributed by atoms with Gasteiger partial charge in [-0.25, -0.2) is 4.98 Å². The predicted octanol–water partition coefficient (Wildman–Crippen LogP) is 4.36. The monoisotopic (exact) mass is 405 g/mol. The Morgan fingerprint density at radius 1 is 1.24 bits per heavy atom. The summed E-state index contributed by atoms with van der Waals surface area (Å²) in [5.41, 5.74) is 11.9. The molecule has 3 heterocycles. The number of pyridine rings is 1. The molecule has 3 N–H and O–H groups in total. The second-order valence-corrected chi connectivity index (χ2v) is 8.57. The summed E-state index contributed by atoms with van der Waals surface area (Å²) in [5, 5.41) is 7.63. The van der Waals surface area contributed by atoms with Gasteiger partial charge in [0.25, 0.3) is 0 Å². The minimum Gasteiger partial charge on any atom is -0.357 e. The van der Waals surface area contributed by atoms with Crippen LogP contribution in [0, 0.1) is 5.41 Å². The fourth-order valence-corrected chi connectivity index (χ4v) is 5.13. The number of nitrogens with two attached hydrogens (primary N) is 1. The van der Waals surface area contributed by atoms with Gasteiger partial charge in [-0.2, -0.15) is 5.10 Å². The second kappa shape index (κ2) is 7.01. The van der Waals surface area contributed by atoms with E-state index in [1.54, 1.807) is 12.4 Å². The first-order chi connectivity index (χ1) is 14.1. The van der Waals surface area contributed by atoms with Crippen LogP contribution in [0.25, 0.3) is 5.57 Å². The molecule has 1 spiro atoms. The Balaban J connectivity index is 1.32. The van der Waals surface area contributed by atoms with Gasteiger partial charge in [0, 0.05) is 42.7 Å². The number of rotatable bonds is 3. The SMILES string of the molecule is C=C(c1cc[nH]n1)c1cnc(N2CCC3(CC2)Cc2ccccc2[C@H]3N)cc1Cl. The molecule has 0 amide bonds. The normalized spacial score (nSPS) is 20.1. The molecule has 5 nitrogen and oxygen atoms in total. The van der Waals surface area contributed by atoms with Crippen LogP contribution in [0.5, 0.6) is 0 Å². The van der Waals surface area contributed by atoms with Gasteiger partial charge >= 0.3 is 0 Å². The van der Waals surface area contributed by atoms with Crippen molar-refractivity contribution in [1.29, 1.82) is 0 Å². The summed E-state index contributed by atoms with van der Waals surface area (Å²) in [4.78, 5) is 6.99. The van der Waals surface area contributed by atoms with Gasteiger partial charge in [-0.05, 0) is 47.9 Å². The quantitative estimate of drug-likeness (QED) is 0.679. The number of hydrogen-bond acceptors (Lipinski definition) is 4. The van der Waals surface area contributed by atoms with Crippen LogP contribution in [0.1, 0.15) is 41.3 Å². The number of anilines is 1. The number of nitrogens with zero attached hydrogens (tertiary/aromatic N) is 3. The molecule has 3 aromatic rings. The molecule has 0 saturated carbocycles. The van der Waals surface area contributed by atoms with Crippen LogP contribution in [0.4, 0.5) is 5.82 Å². The number of nitrogens with one attached hydrogen (secondary N) is 1. The van der Waals surface area contributed by atoms with Crippen LogP contribution in [0.15, 0.2) is 55.4 Å². The minimum atomic E-state index is 0.122. The van der Waals surface area contributed by atoms with Crippen molar-refractivity contribution in [1.82, 2.24) is 15.2 Å². The maximum atomic E-state index is 6.69. The molecule has 2 aliphatic rings. The molecule has 0 unspecified atom stereocenters. The largest absolute Gasteiger partial charge is 0.357 e. The fourth-order valence-electron chi connectivity index (χ4n) is 4.87. The molecule has 0 bridgehead atoms. The summed E-state index contributed by atoms with van der Waals surface area (Å²) in [6, 6.07) is 12.6. The van der Waals surface area contributed by atoms with Crippen molar-refractivity contribution >= 4 is 23.0 Å². The van der Waals surface area contributed by atoms with E-state index in [-0.39, 0.29) is 11.5 Å². The predicted molar refractivity (Wildman–Crippen MR) is 117 cm³/mol. The Bertz CT molecular complexity index is 1050. The lowest BCUT2D eigenvalue weighted by atomic mass is 9.73. The molecular weight excluding hydrogens is 382 g/mol. The number of halogens is 1. The Morgan fingerprint density at radius 3 is 2.72 bits per heavy atom. The van der Waals surface area contributed by atoms with E-state index >= 15 is 0 Å². The zero-order valence-electron chi connectivity index (χ0n) is 16.2. The highest BCUT2D eigenvalue weighted by Gasteiger charge is 2.45. The summed E-state index contributed by atoms with van der Waals surface area (Å²) < 4.78 is 0. The third-order valence-electron chi connectivity index (χ3n) is 6.65. The first-order valence-corrected chi connectivity index (χ1v) is 10.4. The van der Waals surface area contributed by atoms with Crippen LogP contribution in [0.3, 0.4) is 0 Å². The lowest BCUT2D eigenvalue weighted by molar-refractivity contribution is 0.187. The van der Waals surface area contributed by atoms with Gasteiger partial charge in [-0.1, -0.05) is 42.4 Å². The van der Waals surface area contributed by atoms with Gasteiger partial charge < -0.3 is 10.6 Å². The molecule has 1 fully saturated rings. The van der Waals surface area contributed by atoms with Gasteiger partial charge in [0.15, 0.2) is 0 Å². The molecule has 29 heavy (non-hydrogen) atoms. The Morgan fingerprint density at radius 2 is 2.03 bits per heavy atom. The number of aromatic nitrogens is 3. The molecule has 1 aromatic carbocycles. The number of aromatic amines is 1. The van der Waals surface area contributed by atoms with Crippen molar-refractivity contribution in [3.8, 4) is 0 Å². The first-order valence-electron chi connectivity index (χ1n) is 10.0. The number of piperidine rings is 1. The topological polar surface area (TPSA) is 70.8 Å². The molecule has 2 aromatic heterocycles. The highest BCUT2D eigenvalue weighted by atomic mass is 35.5. The van der Waals surface area contributed by atoms with Gasteiger partial charge in [-0.3, -0.25) is 5.10 Å². The van der Waals surface area contributed by atoms with Crippen molar-refractivity contribution in [2.24, 2.45) is 11.1 Å². The summed E-state index contributed by atoms with van der Waals surface area (Å²) in [6.07, 6.45) is 6.77. The molecular formula is C23H24ClN5. The van der Waals surface area contributed by atoms with Gasteiger partial charge in [0.2, 0.25) is 0 Å². The maximum Gasteiger partial charge on any atom is 0.130 e. The van der Waals surface area contributed by atoms with Crippen molar-refractivity contribution < 1.29 is 0 Å². The molecule has 0 radical (unpaired) electrons. The van der Waals surface area contributed by atoms with E-state index in [9.17, 15) is 0 Å². The number of H-pyrrole nitrogens is 1. The standard InChI is InChI=1S/C23H24ClN5/c1-15(20-6-9-27-28-20)18-14-26-21(12-19(18)24)29-10-7-23(8-11-29)13-16-4-2-3-5-17(16)22(23)25/h2-6,9,12,14,22H,1,7-8,10-11,13,25H2,(H,27,28)/t22-/m1/s1. The zero-order valence-corrected chi connectivity index (χ0v) is 17.0. The number of hydrogen-bond donors (Lipinski definition) is 2. The average molecular weight is 406 g/mol. The highest BCUT2D eigenvalue weighted by molar-refractivity contribution is 6.32. The van der Waals surface area contributed by atoms with Gasteiger partial charge in [0.05, 0.1) is 10.7 Å². The summed E-state index contributed by atoms with van der Waals surface area (Å²) in [6.45, 7) is 5.98. The van der Waals surface area contributed by atoms with Crippen molar-refractivity contribution in [3.63, 3.8) is 0 Å². The first kappa shape index (κ1) is 18.4. The van der Waals surface area contributed by atoms with Crippen molar-refractivity contribution in [2.75, 3.05) is 18.0 Å². The molecule has 148 valence electrons. The molecule has 6 heteroatoms. The molecule has 1 atom stereocenters. The number of fused-ring (bicyclic) bond motifs is 1. The third-order valence-corrected chi connectivity index (χ3v) is 6.96. The maximum absolute atomic E-state index is 6.69. The third kappa shape index (κ3) is 3.05. The van der Waals surface area contributed by atoms with E-state index in [2.05, 4.69) is 50.9 Å². The fraction of sp³-hybridized carbons (Fsp3) is 0.304. The minimum absolute atomic E-state index is 0.122. The van der Waals surface area contributed by atoms with E-state index in [4.69, 9.17) is 17.3 Å². The van der Waals surface area contributed by atoms with E-state index in [0.717, 1.165) is 55.0 Å². The van der Waals surface area contributed by atoms with E-state index < -0.39 is 0 Å². The van der Waals surface area contributed by atoms with Crippen LogP contribution in [0.2, 0.25) is 5.02 Å². The second-order valence-electron chi connectivity index (χ2n) is 8.16. The smallest absolute Gasteiger partial charge is 0.130 e. The molecule has 1 saturated heterocycles. The van der Waals surface area contributed by atoms with Crippen LogP contribution in [-0.4, -0.2) is 28.3 Å². The van der Waals surface area contributed by atoms with E-state index in [0.29, 0.717) is 5.02 Å². The summed E-state index contributed by atoms with van der Waals surface area (Å²) in [5.74, 6) is 0.910. The highest BCUT2D eigenvalue weighted by Crippen LogP contribution is 2.51. The molecule has 1 aliphatic heterocycles. The Hall–Kier alpha value is -2.63. The summed E-state index contributed by atoms with van der Waals surface area (Å²) >= 11 is 6.58. The Labute approximate surface area is 175 Å². The van der Waals surface area contributed by atoms with Crippen LogP contribution >= 0.6 is 11.6 Å². The zero-order chi connectivity index (χ0) is 20.0. The lowest BCUT2D eigenvalue weighted by Gasteiger charge is -2.42. The van der Waals surface area contributed by atoms with Crippen LogP contribution in [-0.2, 0) is 6.42 Å². The van der Waals surface area contributed by atoms with Gasteiger partial charge in [-0.15, -0.1) is 0 Å². The number of benzene rings is 1. The van der Waals surface area contributed by atoms with E-state index in [1.165, 1.54) is 11.1 Å². The van der Waals surface area contributed by atoms with Crippen LogP contribution < -0.4 is 10.6 Å². The van der Waals surface area contributed by atoms with E-state index in [1.807, 2.05) is 12.1 Å². The summed E-state index contributed by atoms with van der Waals surface area (Å²) in [7, 11) is 0. The average Bonchev–Trinajstić information content (AvgIpc) is 3.36.